The third-order valence-corrected chi connectivity index (χ3v) is 6.11. The molecule has 1 aliphatic heterocycles. The van der Waals surface area contributed by atoms with Gasteiger partial charge in [0.1, 0.15) is 5.92 Å². The number of benzene rings is 1. The highest BCUT2D eigenvalue weighted by atomic mass is 35.5. The van der Waals surface area contributed by atoms with Gasteiger partial charge in [0.05, 0.1) is 12.4 Å². The summed E-state index contributed by atoms with van der Waals surface area (Å²) in [4.78, 5) is 38.0. The van der Waals surface area contributed by atoms with E-state index in [0.717, 1.165) is 11.3 Å². The SMILES string of the molecule is CCOC(=O)CSc1nnc(NC(=O)C2CCN(c3ccc(Cl)cc3)C2=O)s1. The molecule has 11 heteroatoms. The highest BCUT2D eigenvalue weighted by molar-refractivity contribution is 8.01. The average molecular weight is 441 g/mol. The summed E-state index contributed by atoms with van der Waals surface area (Å²) in [6.07, 6.45) is 0.413. The highest BCUT2D eigenvalue weighted by Crippen LogP contribution is 2.29. The molecule has 2 amide bonds. The number of carbonyl (C=O) groups is 3. The van der Waals surface area contributed by atoms with E-state index in [1.54, 1.807) is 36.1 Å². The second-order valence-electron chi connectivity index (χ2n) is 5.76. The summed E-state index contributed by atoms with van der Waals surface area (Å²) in [5.41, 5.74) is 0.707. The Balaban J connectivity index is 1.56. The van der Waals surface area contributed by atoms with Gasteiger partial charge in [-0.25, -0.2) is 0 Å². The Morgan fingerprint density at radius 2 is 2.11 bits per heavy atom. The first-order chi connectivity index (χ1) is 13.5. The van der Waals surface area contributed by atoms with Gasteiger partial charge in [-0.1, -0.05) is 34.7 Å². The molecule has 8 nitrogen and oxygen atoms in total. The number of amides is 2. The van der Waals surface area contributed by atoms with Crippen LogP contribution >= 0.6 is 34.7 Å². The maximum absolute atomic E-state index is 12.6. The van der Waals surface area contributed by atoms with Crippen molar-refractivity contribution in [3.8, 4) is 0 Å². The van der Waals surface area contributed by atoms with E-state index in [4.69, 9.17) is 16.3 Å². The predicted octanol–water partition coefficient (Wildman–Crippen LogP) is 2.84. The van der Waals surface area contributed by atoms with E-state index in [0.29, 0.717) is 34.6 Å². The van der Waals surface area contributed by atoms with Crippen molar-refractivity contribution in [2.45, 2.75) is 17.7 Å². The monoisotopic (exact) mass is 440 g/mol. The molecule has 2 heterocycles. The minimum atomic E-state index is -0.782. The van der Waals surface area contributed by atoms with Crippen LogP contribution in [-0.2, 0) is 19.1 Å². The second-order valence-corrected chi connectivity index (χ2v) is 8.40. The molecule has 28 heavy (non-hydrogen) atoms. The molecule has 1 aromatic heterocycles. The van der Waals surface area contributed by atoms with Gasteiger partial charge < -0.3 is 9.64 Å². The summed E-state index contributed by atoms with van der Waals surface area (Å²) >= 11 is 8.20. The van der Waals surface area contributed by atoms with Crippen molar-refractivity contribution in [3.05, 3.63) is 29.3 Å². The highest BCUT2D eigenvalue weighted by Gasteiger charge is 2.38. The van der Waals surface area contributed by atoms with Crippen molar-refractivity contribution in [3.63, 3.8) is 0 Å². The van der Waals surface area contributed by atoms with Crippen molar-refractivity contribution < 1.29 is 19.1 Å². The van der Waals surface area contributed by atoms with Gasteiger partial charge in [-0.2, -0.15) is 0 Å². The van der Waals surface area contributed by atoms with Crippen LogP contribution in [0.2, 0.25) is 5.02 Å². The summed E-state index contributed by atoms with van der Waals surface area (Å²) in [5, 5.41) is 11.3. The number of thioether (sulfide) groups is 1. The normalized spacial score (nSPS) is 16.3. The number of aromatic nitrogens is 2. The number of rotatable bonds is 7. The zero-order valence-corrected chi connectivity index (χ0v) is 17.3. The number of carbonyl (C=O) groups excluding carboxylic acids is 3. The molecule has 1 aromatic carbocycles. The quantitative estimate of drug-likeness (QED) is 0.305. The predicted molar refractivity (Wildman–Crippen MR) is 108 cm³/mol. The maximum Gasteiger partial charge on any atom is 0.316 e. The maximum atomic E-state index is 12.6. The molecular formula is C17H17ClN4O4S2. The molecule has 3 rings (SSSR count). The molecule has 1 aliphatic rings. The van der Waals surface area contributed by atoms with Crippen molar-refractivity contribution in [2.75, 3.05) is 29.1 Å². The molecule has 1 unspecified atom stereocenters. The molecule has 0 bridgehead atoms. The molecule has 0 radical (unpaired) electrons. The number of anilines is 2. The first-order valence-corrected chi connectivity index (χ1v) is 10.7. The lowest BCUT2D eigenvalue weighted by Crippen LogP contribution is -2.33. The largest absolute Gasteiger partial charge is 0.465 e. The van der Waals surface area contributed by atoms with Crippen molar-refractivity contribution in [2.24, 2.45) is 5.92 Å². The molecular weight excluding hydrogens is 424 g/mol. The van der Waals surface area contributed by atoms with Gasteiger partial charge >= 0.3 is 5.97 Å². The van der Waals surface area contributed by atoms with Crippen LogP contribution in [0.5, 0.6) is 0 Å². The Morgan fingerprint density at radius 3 is 2.82 bits per heavy atom. The lowest BCUT2D eigenvalue weighted by atomic mass is 10.1. The smallest absolute Gasteiger partial charge is 0.316 e. The fourth-order valence-corrected chi connectivity index (χ4v) is 4.31. The topological polar surface area (TPSA) is 101 Å². The van der Waals surface area contributed by atoms with E-state index in [2.05, 4.69) is 15.5 Å². The van der Waals surface area contributed by atoms with Gasteiger partial charge in [0.25, 0.3) is 0 Å². The van der Waals surface area contributed by atoms with Crippen LogP contribution in [0.3, 0.4) is 0 Å². The third kappa shape index (κ3) is 5.00. The third-order valence-electron chi connectivity index (χ3n) is 3.92. The molecule has 0 spiro atoms. The molecule has 1 N–H and O–H groups in total. The molecule has 2 aromatic rings. The van der Waals surface area contributed by atoms with Crippen LogP contribution in [0.1, 0.15) is 13.3 Å². The van der Waals surface area contributed by atoms with Gasteiger partial charge in [-0.05, 0) is 37.6 Å². The summed E-state index contributed by atoms with van der Waals surface area (Å²) in [6, 6.07) is 6.90. The minimum absolute atomic E-state index is 0.119. The molecule has 148 valence electrons. The Kier molecular flexibility index (Phi) is 6.87. The number of hydrogen-bond acceptors (Lipinski definition) is 8. The average Bonchev–Trinajstić information content (AvgIpc) is 3.27. The van der Waals surface area contributed by atoms with Crippen LogP contribution < -0.4 is 10.2 Å². The van der Waals surface area contributed by atoms with Crippen LogP contribution in [0.25, 0.3) is 0 Å². The second kappa shape index (κ2) is 9.35. The Labute approximate surface area is 174 Å². The molecule has 1 fully saturated rings. The van der Waals surface area contributed by atoms with Crippen molar-refractivity contribution >= 4 is 63.3 Å². The summed E-state index contributed by atoms with van der Waals surface area (Å²) in [7, 11) is 0. The van der Waals surface area contributed by atoms with Gasteiger partial charge in [-0.15, -0.1) is 10.2 Å². The van der Waals surface area contributed by atoms with Gasteiger partial charge in [0.15, 0.2) is 4.34 Å². The minimum Gasteiger partial charge on any atom is -0.465 e. The zero-order chi connectivity index (χ0) is 20.1. The van der Waals surface area contributed by atoms with Crippen LogP contribution in [0.4, 0.5) is 10.8 Å². The van der Waals surface area contributed by atoms with E-state index >= 15 is 0 Å². The number of hydrogen-bond donors (Lipinski definition) is 1. The number of ether oxygens (including phenoxy) is 1. The van der Waals surface area contributed by atoms with Crippen LogP contribution in [0, 0.1) is 5.92 Å². The van der Waals surface area contributed by atoms with E-state index in [1.165, 1.54) is 11.8 Å². The van der Waals surface area contributed by atoms with E-state index in [9.17, 15) is 14.4 Å². The lowest BCUT2D eigenvalue weighted by molar-refractivity contribution is -0.140. The molecule has 0 aliphatic carbocycles. The van der Waals surface area contributed by atoms with Crippen LogP contribution in [-0.4, -0.2) is 46.9 Å². The van der Waals surface area contributed by atoms with Gasteiger partial charge in [-0.3, -0.25) is 19.7 Å². The number of nitrogens with zero attached hydrogens (tertiary/aromatic N) is 3. The summed E-state index contributed by atoms with van der Waals surface area (Å²) < 4.78 is 5.38. The lowest BCUT2D eigenvalue weighted by Gasteiger charge is -2.16. The Hall–Kier alpha value is -2.17. The Morgan fingerprint density at radius 1 is 1.36 bits per heavy atom. The fourth-order valence-electron chi connectivity index (χ4n) is 2.64. The van der Waals surface area contributed by atoms with Crippen molar-refractivity contribution in [1.82, 2.24) is 10.2 Å². The summed E-state index contributed by atoms with van der Waals surface area (Å²) in [5.74, 6) is -1.68. The number of esters is 1. The van der Waals surface area contributed by atoms with Gasteiger partial charge in [0.2, 0.25) is 16.9 Å². The van der Waals surface area contributed by atoms with Gasteiger partial charge in [0, 0.05) is 17.3 Å². The number of nitrogens with one attached hydrogen (secondary N) is 1. The summed E-state index contributed by atoms with van der Waals surface area (Å²) in [6.45, 7) is 2.51. The molecule has 1 saturated heterocycles. The van der Waals surface area contributed by atoms with Crippen molar-refractivity contribution in [1.29, 1.82) is 0 Å². The van der Waals surface area contributed by atoms with Crippen LogP contribution in [0.15, 0.2) is 28.6 Å². The number of halogens is 1. The van der Waals surface area contributed by atoms with E-state index in [1.807, 2.05) is 0 Å². The molecule has 0 saturated carbocycles. The Bertz CT molecular complexity index is 874. The standard InChI is InChI=1S/C17H17ClN4O4S2/c1-2-26-13(23)9-27-17-21-20-16(28-17)19-14(24)12-7-8-22(15(12)25)11-5-3-10(18)4-6-11/h3-6,12H,2,7-9H2,1H3,(H,19,20,24). The zero-order valence-electron chi connectivity index (χ0n) is 14.9. The first-order valence-electron chi connectivity index (χ1n) is 8.47. The first kappa shape index (κ1) is 20.6. The molecule has 1 atom stereocenters. The van der Waals surface area contributed by atoms with E-state index in [-0.39, 0.29) is 22.8 Å². The van der Waals surface area contributed by atoms with E-state index < -0.39 is 11.8 Å². The fraction of sp³-hybridized carbons (Fsp3) is 0.353.